The van der Waals surface area contributed by atoms with Crippen molar-refractivity contribution in [1.82, 2.24) is 30.9 Å². The van der Waals surface area contributed by atoms with Crippen molar-refractivity contribution in [3.8, 4) is 0 Å². The lowest BCUT2D eigenvalue weighted by Gasteiger charge is -2.22. The second kappa shape index (κ2) is 12.4. The molecule has 2 aromatic heterocycles. The highest BCUT2D eigenvalue weighted by Crippen LogP contribution is 2.27. The van der Waals surface area contributed by atoms with Gasteiger partial charge in [-0.25, -0.2) is 4.98 Å². The average Bonchev–Trinajstić information content (AvgIpc) is 3.71. The van der Waals surface area contributed by atoms with Crippen LogP contribution in [0.3, 0.4) is 0 Å². The molecule has 11 heteroatoms. The Morgan fingerprint density at radius 3 is 2.37 bits per heavy atom. The number of H-pyrrole nitrogens is 2. The molecule has 4 aromatic rings. The first-order chi connectivity index (χ1) is 19.9. The summed E-state index contributed by atoms with van der Waals surface area (Å²) in [5, 5.41) is 7.97. The fourth-order valence-electron chi connectivity index (χ4n) is 4.47. The normalized spacial score (nSPS) is 14.1. The van der Waals surface area contributed by atoms with Crippen LogP contribution < -0.4 is 21.5 Å². The van der Waals surface area contributed by atoms with Crippen LogP contribution in [0.4, 0.5) is 0 Å². The summed E-state index contributed by atoms with van der Waals surface area (Å²) in [5.41, 5.74) is 1.82. The predicted octanol–water partition coefficient (Wildman–Crippen LogP) is 1.42. The van der Waals surface area contributed by atoms with E-state index in [9.17, 15) is 24.0 Å². The van der Waals surface area contributed by atoms with Crippen molar-refractivity contribution in [3.63, 3.8) is 0 Å². The molecule has 0 aliphatic heterocycles. The van der Waals surface area contributed by atoms with E-state index in [2.05, 4.69) is 30.9 Å². The number of pyridine rings is 1. The van der Waals surface area contributed by atoms with Crippen LogP contribution in [0, 0.1) is 5.92 Å². The van der Waals surface area contributed by atoms with Gasteiger partial charge in [0, 0.05) is 31.1 Å². The van der Waals surface area contributed by atoms with Crippen LogP contribution in [0.2, 0.25) is 0 Å². The van der Waals surface area contributed by atoms with Crippen LogP contribution in [0.1, 0.15) is 34.6 Å². The largest absolute Gasteiger partial charge is 0.349 e. The number of nitrogens with one attached hydrogen (secondary N) is 5. The number of hydrogen-bond donors (Lipinski definition) is 5. The number of Topliss-reactive ketones (excluding diaryl/α,β-unsaturated/α-hetero) is 1. The molecule has 2 atom stereocenters. The van der Waals surface area contributed by atoms with E-state index in [0.717, 1.165) is 18.4 Å². The molecule has 0 spiro atoms. The molecule has 2 unspecified atom stereocenters. The van der Waals surface area contributed by atoms with Crippen molar-refractivity contribution in [3.05, 3.63) is 100 Å². The Morgan fingerprint density at radius 1 is 0.878 bits per heavy atom. The molecule has 11 nitrogen and oxygen atoms in total. The fraction of sp³-hybridized carbons (Fsp3) is 0.267. The van der Waals surface area contributed by atoms with Crippen LogP contribution in [0.25, 0.3) is 11.0 Å². The lowest BCUT2D eigenvalue weighted by atomic mass is 10.0. The molecule has 41 heavy (non-hydrogen) atoms. The van der Waals surface area contributed by atoms with Crippen molar-refractivity contribution >= 4 is 34.5 Å². The SMILES string of the molecule is O=C(NCC1CC1)C(=O)C(Cc1ccc[nH]c1=O)NC(=O)C(Cc1ccccc1)NC(=O)c1nc2ccccc2[nH]1. The molecule has 5 rings (SSSR count). The van der Waals surface area contributed by atoms with Crippen LogP contribution in [-0.2, 0) is 27.2 Å². The number of ketones is 1. The van der Waals surface area contributed by atoms with E-state index in [4.69, 9.17) is 0 Å². The number of fused-ring (bicyclic) bond motifs is 1. The molecule has 210 valence electrons. The second-order valence-electron chi connectivity index (χ2n) is 10.1. The minimum Gasteiger partial charge on any atom is -0.349 e. The number of amides is 3. The predicted molar refractivity (Wildman–Crippen MR) is 151 cm³/mol. The average molecular weight is 555 g/mol. The molecule has 2 heterocycles. The number of rotatable bonds is 12. The third kappa shape index (κ3) is 7.13. The summed E-state index contributed by atoms with van der Waals surface area (Å²) < 4.78 is 0. The molecule has 2 aromatic carbocycles. The molecule has 0 bridgehead atoms. The Morgan fingerprint density at radius 2 is 1.63 bits per heavy atom. The van der Waals surface area contributed by atoms with E-state index < -0.39 is 41.1 Å². The maximum Gasteiger partial charge on any atom is 0.289 e. The van der Waals surface area contributed by atoms with E-state index in [1.54, 1.807) is 24.3 Å². The van der Waals surface area contributed by atoms with Crippen LogP contribution >= 0.6 is 0 Å². The van der Waals surface area contributed by atoms with Gasteiger partial charge < -0.3 is 25.9 Å². The van der Waals surface area contributed by atoms with Crippen molar-refractivity contribution < 1.29 is 19.2 Å². The summed E-state index contributed by atoms with van der Waals surface area (Å²) in [6, 6.07) is 16.9. The number of carbonyl (C=O) groups excluding carboxylic acids is 4. The molecule has 0 saturated heterocycles. The zero-order chi connectivity index (χ0) is 28.8. The summed E-state index contributed by atoms with van der Waals surface area (Å²) in [4.78, 5) is 74.9. The molecule has 1 aliphatic carbocycles. The highest BCUT2D eigenvalue weighted by Gasteiger charge is 2.32. The molecule has 5 N–H and O–H groups in total. The first-order valence-electron chi connectivity index (χ1n) is 13.5. The van der Waals surface area contributed by atoms with Crippen LogP contribution in [0.15, 0.2) is 77.7 Å². The topological polar surface area (TPSA) is 166 Å². The molecule has 3 amide bonds. The highest BCUT2D eigenvalue weighted by molar-refractivity contribution is 6.38. The van der Waals surface area contributed by atoms with Gasteiger partial charge >= 0.3 is 0 Å². The number of hydrogen-bond acceptors (Lipinski definition) is 6. The van der Waals surface area contributed by atoms with Gasteiger partial charge in [-0.3, -0.25) is 24.0 Å². The first kappa shape index (κ1) is 27.5. The van der Waals surface area contributed by atoms with E-state index in [1.807, 2.05) is 36.4 Å². The molecular formula is C30H30N6O5. The highest BCUT2D eigenvalue weighted by atomic mass is 16.2. The minimum absolute atomic E-state index is 0.0277. The van der Waals surface area contributed by atoms with Crippen molar-refractivity contribution in [1.29, 1.82) is 0 Å². The van der Waals surface area contributed by atoms with Gasteiger partial charge in [0.1, 0.15) is 12.1 Å². The third-order valence-electron chi connectivity index (χ3n) is 6.94. The smallest absolute Gasteiger partial charge is 0.289 e. The van der Waals surface area contributed by atoms with Gasteiger partial charge in [-0.2, -0.15) is 0 Å². The van der Waals surface area contributed by atoms with E-state index in [1.165, 1.54) is 12.3 Å². The molecule has 1 aliphatic rings. The lowest BCUT2D eigenvalue weighted by molar-refractivity contribution is -0.140. The van der Waals surface area contributed by atoms with Crippen molar-refractivity contribution in [2.45, 2.75) is 37.8 Å². The van der Waals surface area contributed by atoms with Crippen molar-refractivity contribution in [2.75, 3.05) is 6.54 Å². The van der Waals surface area contributed by atoms with Gasteiger partial charge in [-0.05, 0) is 42.5 Å². The van der Waals surface area contributed by atoms with E-state index in [-0.39, 0.29) is 24.2 Å². The lowest BCUT2D eigenvalue weighted by Crippen LogP contribution is -2.55. The summed E-state index contributed by atoms with van der Waals surface area (Å²) >= 11 is 0. The molecular weight excluding hydrogens is 524 g/mol. The van der Waals surface area contributed by atoms with Gasteiger partial charge in [0.15, 0.2) is 5.82 Å². The van der Waals surface area contributed by atoms with Gasteiger partial charge in [-0.15, -0.1) is 0 Å². The zero-order valence-corrected chi connectivity index (χ0v) is 22.2. The number of aromatic amines is 2. The summed E-state index contributed by atoms with van der Waals surface area (Å²) in [6.07, 6.45) is 3.33. The van der Waals surface area contributed by atoms with E-state index >= 15 is 0 Å². The number of carbonyl (C=O) groups is 4. The fourth-order valence-corrected chi connectivity index (χ4v) is 4.47. The summed E-state index contributed by atoms with van der Waals surface area (Å²) in [6.45, 7) is 0.376. The first-order valence-corrected chi connectivity index (χ1v) is 13.5. The molecule has 1 saturated carbocycles. The van der Waals surface area contributed by atoms with Gasteiger partial charge in [0.05, 0.1) is 11.0 Å². The standard InChI is InChI=1S/C30H30N6O5/c37-25(29(40)32-17-19-12-13-19)23(16-20-9-6-14-31-27(20)38)35-28(39)24(15-18-7-2-1-3-8-18)36-30(41)26-33-21-10-4-5-11-22(21)34-26/h1-11,14,19,23-24H,12-13,15-17H2,(H,31,38)(H,32,40)(H,33,34)(H,35,39)(H,36,41). The Hall–Kier alpha value is -5.06. The summed E-state index contributed by atoms with van der Waals surface area (Å²) in [7, 11) is 0. The zero-order valence-electron chi connectivity index (χ0n) is 22.2. The Kier molecular flexibility index (Phi) is 8.33. The maximum absolute atomic E-state index is 13.6. The molecule has 1 fully saturated rings. The maximum atomic E-state index is 13.6. The molecule has 0 radical (unpaired) electrons. The van der Waals surface area contributed by atoms with E-state index in [0.29, 0.717) is 23.5 Å². The Balaban J connectivity index is 1.37. The number of nitrogens with zero attached hydrogens (tertiary/aromatic N) is 1. The monoisotopic (exact) mass is 554 g/mol. The third-order valence-corrected chi connectivity index (χ3v) is 6.94. The Labute approximate surface area is 235 Å². The summed E-state index contributed by atoms with van der Waals surface area (Å²) in [5.74, 6) is -2.62. The van der Waals surface area contributed by atoms with Crippen molar-refractivity contribution in [2.24, 2.45) is 5.92 Å². The number of aromatic nitrogens is 3. The van der Waals surface area contributed by atoms with Gasteiger partial charge in [0.2, 0.25) is 11.7 Å². The Bertz CT molecular complexity index is 1590. The van der Waals surface area contributed by atoms with Gasteiger partial charge in [0.25, 0.3) is 17.4 Å². The number of imidazole rings is 1. The second-order valence-corrected chi connectivity index (χ2v) is 10.1. The number of benzene rings is 2. The quantitative estimate of drug-likeness (QED) is 0.166. The van der Waals surface area contributed by atoms with Crippen LogP contribution in [-0.4, -0.2) is 57.1 Å². The van der Waals surface area contributed by atoms with Gasteiger partial charge in [-0.1, -0.05) is 48.5 Å². The van der Waals surface area contributed by atoms with Crippen LogP contribution in [0.5, 0.6) is 0 Å². The minimum atomic E-state index is -1.33. The number of para-hydroxylation sites is 2.